The summed E-state index contributed by atoms with van der Waals surface area (Å²) in [5.74, 6) is 0.944. The van der Waals surface area contributed by atoms with E-state index in [1.54, 1.807) is 0 Å². The summed E-state index contributed by atoms with van der Waals surface area (Å²) in [4.78, 5) is 14.1. The first-order chi connectivity index (χ1) is 10.3. The lowest BCUT2D eigenvalue weighted by Crippen LogP contribution is -2.40. The first-order valence-electron chi connectivity index (χ1n) is 7.83. The van der Waals surface area contributed by atoms with Crippen molar-refractivity contribution in [2.75, 3.05) is 33.3 Å². The average molecular weight is 327 g/mol. The van der Waals surface area contributed by atoms with Crippen LogP contribution in [-0.4, -0.2) is 44.1 Å². The van der Waals surface area contributed by atoms with E-state index < -0.39 is 0 Å². The molecule has 1 heterocycles. The molecule has 1 aliphatic heterocycles. The number of likely N-dealkylation sites (tertiary alicyclic amines) is 1. The quantitative estimate of drug-likeness (QED) is 0.783. The van der Waals surface area contributed by atoms with Crippen LogP contribution in [0.1, 0.15) is 24.8 Å². The monoisotopic (exact) mass is 326 g/mol. The molecule has 0 saturated carbocycles. The molecule has 0 atom stereocenters. The van der Waals surface area contributed by atoms with E-state index in [0.717, 1.165) is 38.0 Å². The van der Waals surface area contributed by atoms with Crippen LogP contribution in [0.5, 0.6) is 0 Å². The predicted molar refractivity (Wildman–Crippen MR) is 91.2 cm³/mol. The van der Waals surface area contributed by atoms with E-state index in [-0.39, 0.29) is 18.3 Å². The van der Waals surface area contributed by atoms with Gasteiger partial charge in [-0.1, -0.05) is 30.3 Å². The highest BCUT2D eigenvalue weighted by Gasteiger charge is 2.21. The predicted octanol–water partition coefficient (Wildman–Crippen LogP) is 2.47. The minimum Gasteiger partial charge on any atom is -0.376 e. The highest BCUT2D eigenvalue weighted by molar-refractivity contribution is 5.85. The van der Waals surface area contributed by atoms with Gasteiger partial charge in [-0.3, -0.25) is 4.79 Å². The maximum absolute atomic E-state index is 12.1. The summed E-state index contributed by atoms with van der Waals surface area (Å²) in [6, 6.07) is 10.1. The summed E-state index contributed by atoms with van der Waals surface area (Å²) in [5.41, 5.74) is 1.15. The van der Waals surface area contributed by atoms with E-state index in [0.29, 0.717) is 25.6 Å². The molecule has 124 valence electrons. The Kier molecular flexibility index (Phi) is 9.13. The lowest BCUT2D eigenvalue weighted by Gasteiger charge is -2.32. The van der Waals surface area contributed by atoms with Crippen molar-refractivity contribution in [2.45, 2.75) is 25.9 Å². The Morgan fingerprint density at radius 3 is 2.59 bits per heavy atom. The molecule has 1 fully saturated rings. The third-order valence-electron chi connectivity index (χ3n) is 4.03. The standard InChI is InChI=1S/C17H26N2O2.ClH/c1-18-13-15-7-10-19(11-8-15)17(20)9-12-21-14-16-5-3-2-4-6-16;/h2-6,15,18H,7-14H2,1H3;1H. The highest BCUT2D eigenvalue weighted by atomic mass is 35.5. The highest BCUT2D eigenvalue weighted by Crippen LogP contribution is 2.17. The zero-order valence-corrected chi connectivity index (χ0v) is 14.1. The second kappa shape index (κ2) is 10.6. The van der Waals surface area contributed by atoms with Crippen LogP contribution in [0.3, 0.4) is 0 Å². The summed E-state index contributed by atoms with van der Waals surface area (Å²) >= 11 is 0. The number of nitrogens with zero attached hydrogens (tertiary/aromatic N) is 1. The van der Waals surface area contributed by atoms with Gasteiger partial charge in [0.05, 0.1) is 19.6 Å². The number of rotatable bonds is 7. The van der Waals surface area contributed by atoms with Gasteiger partial charge >= 0.3 is 0 Å². The zero-order valence-electron chi connectivity index (χ0n) is 13.3. The van der Waals surface area contributed by atoms with Gasteiger partial charge in [0.25, 0.3) is 0 Å². The van der Waals surface area contributed by atoms with E-state index in [1.807, 2.05) is 42.3 Å². The maximum Gasteiger partial charge on any atom is 0.224 e. The minimum atomic E-state index is 0. The van der Waals surface area contributed by atoms with Gasteiger partial charge in [0.2, 0.25) is 5.91 Å². The molecule has 22 heavy (non-hydrogen) atoms. The van der Waals surface area contributed by atoms with Crippen molar-refractivity contribution in [1.29, 1.82) is 0 Å². The molecule has 0 bridgehead atoms. The second-order valence-corrected chi connectivity index (χ2v) is 5.67. The molecule has 0 radical (unpaired) electrons. The molecular weight excluding hydrogens is 300 g/mol. The number of hydrogen-bond donors (Lipinski definition) is 1. The van der Waals surface area contributed by atoms with Crippen molar-refractivity contribution < 1.29 is 9.53 Å². The topological polar surface area (TPSA) is 41.6 Å². The largest absolute Gasteiger partial charge is 0.376 e. The van der Waals surface area contributed by atoms with Gasteiger partial charge in [-0.25, -0.2) is 0 Å². The number of carbonyl (C=O) groups is 1. The third kappa shape index (κ3) is 6.34. The first kappa shape index (κ1) is 18.9. The van der Waals surface area contributed by atoms with E-state index in [4.69, 9.17) is 4.74 Å². The number of nitrogens with one attached hydrogen (secondary N) is 1. The Morgan fingerprint density at radius 2 is 1.95 bits per heavy atom. The van der Waals surface area contributed by atoms with E-state index in [1.165, 1.54) is 0 Å². The summed E-state index contributed by atoms with van der Waals surface area (Å²) in [5, 5.41) is 3.22. The summed E-state index contributed by atoms with van der Waals surface area (Å²) in [6.07, 6.45) is 2.71. The van der Waals surface area contributed by atoms with E-state index in [2.05, 4.69) is 5.32 Å². The molecule has 0 spiro atoms. The number of piperidine rings is 1. The van der Waals surface area contributed by atoms with Crippen LogP contribution in [0.2, 0.25) is 0 Å². The van der Waals surface area contributed by atoms with Crippen LogP contribution in [0.15, 0.2) is 30.3 Å². The average Bonchev–Trinajstić information content (AvgIpc) is 2.53. The minimum absolute atomic E-state index is 0. The summed E-state index contributed by atoms with van der Waals surface area (Å²) < 4.78 is 5.58. The van der Waals surface area contributed by atoms with Gasteiger partial charge in [-0.05, 0) is 37.9 Å². The van der Waals surface area contributed by atoms with Crippen molar-refractivity contribution in [2.24, 2.45) is 5.92 Å². The molecule has 1 amide bonds. The van der Waals surface area contributed by atoms with Crippen LogP contribution in [0.4, 0.5) is 0 Å². The normalized spacial score (nSPS) is 15.4. The lowest BCUT2D eigenvalue weighted by molar-refractivity contribution is -0.133. The van der Waals surface area contributed by atoms with Crippen LogP contribution >= 0.6 is 12.4 Å². The number of halogens is 1. The van der Waals surface area contributed by atoms with Crippen LogP contribution in [0, 0.1) is 5.92 Å². The van der Waals surface area contributed by atoms with E-state index in [9.17, 15) is 4.79 Å². The van der Waals surface area contributed by atoms with Crippen LogP contribution in [-0.2, 0) is 16.1 Å². The van der Waals surface area contributed by atoms with Crippen molar-refractivity contribution in [3.63, 3.8) is 0 Å². The molecule has 1 N–H and O–H groups in total. The molecule has 1 aromatic carbocycles. The molecule has 0 unspecified atom stereocenters. The Balaban J connectivity index is 0.00000242. The smallest absolute Gasteiger partial charge is 0.224 e. The Labute approximate surface area is 139 Å². The molecule has 2 rings (SSSR count). The molecule has 0 aromatic heterocycles. The first-order valence-corrected chi connectivity index (χ1v) is 7.83. The fraction of sp³-hybridized carbons (Fsp3) is 0.588. The fourth-order valence-electron chi connectivity index (χ4n) is 2.76. The van der Waals surface area contributed by atoms with Crippen LogP contribution < -0.4 is 5.32 Å². The van der Waals surface area contributed by atoms with Crippen molar-refractivity contribution in [1.82, 2.24) is 10.2 Å². The molecule has 5 heteroatoms. The number of carbonyl (C=O) groups excluding carboxylic acids is 1. The second-order valence-electron chi connectivity index (χ2n) is 5.67. The number of benzene rings is 1. The zero-order chi connectivity index (χ0) is 14.9. The Hall–Kier alpha value is -1.10. The lowest BCUT2D eigenvalue weighted by atomic mass is 9.97. The SMILES string of the molecule is CNCC1CCN(C(=O)CCOCc2ccccc2)CC1.Cl. The molecule has 1 aromatic rings. The number of hydrogen-bond acceptors (Lipinski definition) is 3. The van der Waals surface area contributed by atoms with E-state index >= 15 is 0 Å². The summed E-state index contributed by atoms with van der Waals surface area (Å²) in [6.45, 7) is 3.93. The van der Waals surface area contributed by atoms with Gasteiger partial charge in [0.1, 0.15) is 0 Å². The Morgan fingerprint density at radius 1 is 1.27 bits per heavy atom. The number of ether oxygens (including phenoxy) is 1. The van der Waals surface area contributed by atoms with Gasteiger partial charge in [-0.2, -0.15) is 0 Å². The molecule has 1 saturated heterocycles. The maximum atomic E-state index is 12.1. The molecular formula is C17H27ClN2O2. The van der Waals surface area contributed by atoms with Gasteiger partial charge in [-0.15, -0.1) is 12.4 Å². The third-order valence-corrected chi connectivity index (χ3v) is 4.03. The molecule has 1 aliphatic rings. The van der Waals surface area contributed by atoms with Gasteiger partial charge < -0.3 is 15.0 Å². The fourth-order valence-corrected chi connectivity index (χ4v) is 2.76. The van der Waals surface area contributed by atoms with Crippen molar-refractivity contribution >= 4 is 18.3 Å². The van der Waals surface area contributed by atoms with Crippen molar-refractivity contribution in [3.8, 4) is 0 Å². The van der Waals surface area contributed by atoms with Gasteiger partial charge in [0.15, 0.2) is 0 Å². The molecule has 0 aliphatic carbocycles. The van der Waals surface area contributed by atoms with Gasteiger partial charge in [0, 0.05) is 13.1 Å². The van der Waals surface area contributed by atoms with Crippen LogP contribution in [0.25, 0.3) is 0 Å². The number of amides is 1. The summed E-state index contributed by atoms with van der Waals surface area (Å²) in [7, 11) is 1.99. The molecule has 4 nitrogen and oxygen atoms in total. The van der Waals surface area contributed by atoms with Crippen molar-refractivity contribution in [3.05, 3.63) is 35.9 Å². The Bertz CT molecular complexity index is 420.